The maximum Gasteiger partial charge on any atom is 0.345 e. The lowest BCUT2D eigenvalue weighted by atomic mass is 10.1. The molecule has 0 unspecified atom stereocenters. The molecule has 6 nitrogen and oxygen atoms in total. The maximum absolute atomic E-state index is 10.8. The summed E-state index contributed by atoms with van der Waals surface area (Å²) in [6, 6.07) is 6.03. The topological polar surface area (TPSA) is 89.7 Å². The minimum Gasteiger partial charge on any atom is -0.477 e. The van der Waals surface area contributed by atoms with E-state index >= 15 is 0 Å². The Morgan fingerprint density at radius 3 is 2.55 bits per heavy atom. The molecule has 1 N–H and O–H groups in total. The van der Waals surface area contributed by atoms with Crippen LogP contribution in [0, 0.1) is 24.0 Å². The molecule has 1 aromatic carbocycles. The van der Waals surface area contributed by atoms with Gasteiger partial charge >= 0.3 is 5.97 Å². The first kappa shape index (κ1) is 14.0. The largest absolute Gasteiger partial charge is 0.477 e. The van der Waals surface area contributed by atoms with Crippen LogP contribution in [0.2, 0.25) is 0 Å². The van der Waals surface area contributed by atoms with E-state index in [0.29, 0.717) is 21.9 Å². The molecule has 2 aromatic rings. The van der Waals surface area contributed by atoms with E-state index in [0.717, 1.165) is 11.3 Å². The first-order valence-corrected chi connectivity index (χ1v) is 6.46. The number of nitro benzene ring substituents is 1. The van der Waals surface area contributed by atoms with Crippen LogP contribution < -0.4 is 4.74 Å². The van der Waals surface area contributed by atoms with Crippen LogP contribution in [-0.2, 0) is 0 Å². The van der Waals surface area contributed by atoms with E-state index in [1.807, 2.05) is 0 Å². The monoisotopic (exact) mass is 293 g/mol. The van der Waals surface area contributed by atoms with Crippen LogP contribution in [0.5, 0.6) is 10.8 Å². The van der Waals surface area contributed by atoms with Crippen molar-refractivity contribution in [2.24, 2.45) is 0 Å². The molecule has 0 spiro atoms. The molecular weight excluding hydrogens is 282 g/mol. The zero-order chi connectivity index (χ0) is 14.9. The number of hydrogen-bond acceptors (Lipinski definition) is 5. The summed E-state index contributed by atoms with van der Waals surface area (Å²) in [6.07, 6.45) is 0. The van der Waals surface area contributed by atoms with Crippen LogP contribution in [-0.4, -0.2) is 16.0 Å². The third-order valence-corrected chi connectivity index (χ3v) is 3.64. The van der Waals surface area contributed by atoms with Crippen molar-refractivity contribution in [2.75, 3.05) is 0 Å². The molecule has 0 aliphatic heterocycles. The highest BCUT2D eigenvalue weighted by Crippen LogP contribution is 2.34. The summed E-state index contributed by atoms with van der Waals surface area (Å²) in [4.78, 5) is 21.3. The summed E-state index contributed by atoms with van der Waals surface area (Å²) in [5.41, 5.74) is 1.14. The highest BCUT2D eigenvalue weighted by Gasteiger charge is 2.15. The smallest absolute Gasteiger partial charge is 0.345 e. The lowest BCUT2D eigenvalue weighted by molar-refractivity contribution is -0.385. The Bertz CT molecular complexity index is 692. The van der Waals surface area contributed by atoms with Gasteiger partial charge in [0.05, 0.1) is 4.92 Å². The quantitative estimate of drug-likeness (QED) is 0.684. The van der Waals surface area contributed by atoms with Crippen LogP contribution in [0.15, 0.2) is 24.3 Å². The van der Waals surface area contributed by atoms with E-state index in [1.54, 1.807) is 26.0 Å². The first-order chi connectivity index (χ1) is 9.38. The minimum atomic E-state index is -1.01. The molecular formula is C13H11NO5S. The van der Waals surface area contributed by atoms with Crippen molar-refractivity contribution in [1.29, 1.82) is 0 Å². The number of ether oxygens (including phenoxy) is 1. The third-order valence-electron chi connectivity index (χ3n) is 2.69. The highest BCUT2D eigenvalue weighted by atomic mass is 32.1. The molecule has 0 amide bonds. The molecule has 0 aliphatic carbocycles. The van der Waals surface area contributed by atoms with Gasteiger partial charge in [-0.05, 0) is 37.6 Å². The van der Waals surface area contributed by atoms with Crippen LogP contribution in [0.25, 0.3) is 0 Å². The molecule has 7 heteroatoms. The van der Waals surface area contributed by atoms with Crippen molar-refractivity contribution >= 4 is 23.0 Å². The van der Waals surface area contributed by atoms with E-state index in [1.165, 1.54) is 12.1 Å². The molecule has 0 saturated carbocycles. The summed E-state index contributed by atoms with van der Waals surface area (Å²) in [6.45, 7) is 3.33. The predicted molar refractivity (Wildman–Crippen MR) is 73.9 cm³/mol. The fourth-order valence-electron chi connectivity index (χ4n) is 1.68. The molecule has 20 heavy (non-hydrogen) atoms. The minimum absolute atomic E-state index is 0.0345. The van der Waals surface area contributed by atoms with Crippen LogP contribution in [0.4, 0.5) is 5.69 Å². The number of benzene rings is 1. The number of carbonyl (C=O) groups is 1. The normalized spacial score (nSPS) is 10.3. The van der Waals surface area contributed by atoms with E-state index in [-0.39, 0.29) is 10.6 Å². The molecule has 0 fully saturated rings. The number of nitrogens with zero attached hydrogens (tertiary/aromatic N) is 1. The summed E-state index contributed by atoms with van der Waals surface area (Å²) in [7, 11) is 0. The fraction of sp³-hybridized carbons (Fsp3) is 0.154. The van der Waals surface area contributed by atoms with E-state index in [9.17, 15) is 14.9 Å². The van der Waals surface area contributed by atoms with Gasteiger partial charge < -0.3 is 9.84 Å². The Kier molecular flexibility index (Phi) is 3.71. The van der Waals surface area contributed by atoms with E-state index < -0.39 is 10.9 Å². The Morgan fingerprint density at radius 2 is 2.00 bits per heavy atom. The lowest BCUT2D eigenvalue weighted by Crippen LogP contribution is -1.94. The molecule has 1 heterocycles. The molecule has 1 aromatic heterocycles. The zero-order valence-corrected chi connectivity index (χ0v) is 11.6. The molecule has 2 rings (SSSR count). The predicted octanol–water partition coefficient (Wildman–Crippen LogP) is 3.76. The van der Waals surface area contributed by atoms with Crippen molar-refractivity contribution < 1.29 is 19.6 Å². The van der Waals surface area contributed by atoms with Gasteiger partial charge in [-0.2, -0.15) is 0 Å². The molecule has 0 bridgehead atoms. The van der Waals surface area contributed by atoms with Gasteiger partial charge in [0.2, 0.25) is 0 Å². The van der Waals surface area contributed by atoms with Gasteiger partial charge in [0.25, 0.3) is 5.69 Å². The number of carboxylic acids is 1. The second-order valence-electron chi connectivity index (χ2n) is 4.19. The summed E-state index contributed by atoms with van der Waals surface area (Å²) in [5.74, 6) is -0.534. The molecule has 0 saturated heterocycles. The summed E-state index contributed by atoms with van der Waals surface area (Å²) in [5, 5.41) is 20.1. The Hall–Kier alpha value is -2.41. The van der Waals surface area contributed by atoms with Gasteiger partial charge in [-0.1, -0.05) is 11.3 Å². The summed E-state index contributed by atoms with van der Waals surface area (Å²) < 4.78 is 5.59. The van der Waals surface area contributed by atoms with Crippen LogP contribution in [0.1, 0.15) is 20.8 Å². The van der Waals surface area contributed by atoms with Crippen molar-refractivity contribution in [2.45, 2.75) is 13.8 Å². The average Bonchev–Trinajstić information content (AvgIpc) is 2.81. The molecule has 0 atom stereocenters. The zero-order valence-electron chi connectivity index (χ0n) is 10.7. The number of carboxylic acid groups (broad SMARTS) is 1. The number of rotatable bonds is 4. The number of thiophene rings is 1. The SMILES string of the molecule is Cc1cc([N+](=O)[O-])c(C)cc1Oc1ccc(C(=O)O)s1. The van der Waals surface area contributed by atoms with Gasteiger partial charge in [0.1, 0.15) is 10.6 Å². The molecule has 104 valence electrons. The fourth-order valence-corrected chi connectivity index (χ4v) is 2.39. The second-order valence-corrected chi connectivity index (χ2v) is 5.23. The van der Waals surface area contributed by atoms with E-state index in [4.69, 9.17) is 9.84 Å². The molecule has 0 aliphatic rings. The second kappa shape index (κ2) is 5.30. The summed E-state index contributed by atoms with van der Waals surface area (Å²) >= 11 is 1.01. The van der Waals surface area contributed by atoms with Gasteiger partial charge in [-0.15, -0.1) is 0 Å². The Labute approximate surface area is 118 Å². The van der Waals surface area contributed by atoms with E-state index in [2.05, 4.69) is 0 Å². The van der Waals surface area contributed by atoms with Crippen LogP contribution >= 0.6 is 11.3 Å². The van der Waals surface area contributed by atoms with Crippen LogP contribution in [0.3, 0.4) is 0 Å². The van der Waals surface area contributed by atoms with Gasteiger partial charge in [-0.3, -0.25) is 10.1 Å². The number of nitro groups is 1. The van der Waals surface area contributed by atoms with Gasteiger partial charge in [-0.25, -0.2) is 4.79 Å². The Balaban J connectivity index is 2.31. The average molecular weight is 293 g/mol. The number of hydrogen-bond donors (Lipinski definition) is 1. The van der Waals surface area contributed by atoms with Crippen molar-refractivity contribution in [1.82, 2.24) is 0 Å². The van der Waals surface area contributed by atoms with Gasteiger partial charge in [0, 0.05) is 11.6 Å². The van der Waals surface area contributed by atoms with Crippen molar-refractivity contribution in [3.05, 3.63) is 50.4 Å². The number of aromatic carboxylic acids is 1. The third kappa shape index (κ3) is 2.77. The lowest BCUT2D eigenvalue weighted by Gasteiger charge is -2.08. The standard InChI is InChI=1S/C13H11NO5S/c1-7-6-10(8(2)5-9(7)14(17)18)19-12-4-3-11(20-12)13(15)16/h3-6H,1-2H3,(H,15,16). The number of aryl methyl sites for hydroxylation is 2. The molecule has 0 radical (unpaired) electrons. The Morgan fingerprint density at radius 1 is 1.30 bits per heavy atom. The maximum atomic E-state index is 10.8. The highest BCUT2D eigenvalue weighted by molar-refractivity contribution is 7.15. The van der Waals surface area contributed by atoms with Crippen molar-refractivity contribution in [3.8, 4) is 10.8 Å². The first-order valence-electron chi connectivity index (χ1n) is 5.65. The van der Waals surface area contributed by atoms with Crippen molar-refractivity contribution in [3.63, 3.8) is 0 Å². The van der Waals surface area contributed by atoms with Gasteiger partial charge in [0.15, 0.2) is 5.06 Å².